The third kappa shape index (κ3) is 6.33. The molecule has 0 saturated carbocycles. The van der Waals surface area contributed by atoms with Crippen molar-refractivity contribution in [3.63, 3.8) is 0 Å². The zero-order chi connectivity index (χ0) is 23.1. The minimum absolute atomic E-state index is 0.223. The minimum Gasteiger partial charge on any atom is -0.350 e. The van der Waals surface area contributed by atoms with Gasteiger partial charge in [-0.1, -0.05) is 40.9 Å². The van der Waals surface area contributed by atoms with Crippen LogP contribution in [0.1, 0.15) is 36.6 Å². The van der Waals surface area contributed by atoms with Gasteiger partial charge in [0.2, 0.25) is 0 Å². The third-order valence-electron chi connectivity index (χ3n) is 4.59. The SMILES string of the molecule is Cc1ccc(C(=O)Nc2ccc(C(=O)NCCNC(=O)c3ccc(Cl)cc3Cl)cc2)cc1. The molecular weight excluding hydrogens is 449 g/mol. The molecule has 0 spiro atoms. The fourth-order valence-electron chi connectivity index (χ4n) is 2.84. The van der Waals surface area contributed by atoms with Gasteiger partial charge in [0, 0.05) is 34.9 Å². The molecule has 164 valence electrons. The molecule has 0 aliphatic carbocycles. The van der Waals surface area contributed by atoms with Crippen molar-refractivity contribution in [3.8, 4) is 0 Å². The number of hydrogen-bond acceptors (Lipinski definition) is 3. The number of halogens is 2. The molecule has 0 atom stereocenters. The first-order valence-electron chi connectivity index (χ1n) is 9.83. The van der Waals surface area contributed by atoms with Crippen LogP contribution in [0, 0.1) is 6.92 Å². The lowest BCUT2D eigenvalue weighted by molar-refractivity contribution is 0.0927. The van der Waals surface area contributed by atoms with E-state index in [9.17, 15) is 14.4 Å². The molecule has 0 heterocycles. The van der Waals surface area contributed by atoms with Crippen LogP contribution in [0.5, 0.6) is 0 Å². The van der Waals surface area contributed by atoms with Crippen LogP contribution in [-0.4, -0.2) is 30.8 Å². The molecule has 0 unspecified atom stereocenters. The number of amides is 3. The highest BCUT2D eigenvalue weighted by Crippen LogP contribution is 2.20. The van der Waals surface area contributed by atoms with Crippen molar-refractivity contribution in [1.82, 2.24) is 10.6 Å². The lowest BCUT2D eigenvalue weighted by Gasteiger charge is -2.09. The average molecular weight is 470 g/mol. The second kappa shape index (κ2) is 10.8. The molecule has 0 aliphatic rings. The molecule has 0 radical (unpaired) electrons. The second-order valence-electron chi connectivity index (χ2n) is 7.03. The lowest BCUT2D eigenvalue weighted by atomic mass is 10.1. The summed E-state index contributed by atoms with van der Waals surface area (Å²) in [6.07, 6.45) is 0. The predicted molar refractivity (Wildman–Crippen MR) is 127 cm³/mol. The number of carbonyl (C=O) groups is 3. The van der Waals surface area contributed by atoms with Crippen LogP contribution in [0.25, 0.3) is 0 Å². The van der Waals surface area contributed by atoms with E-state index in [0.29, 0.717) is 27.4 Å². The maximum atomic E-state index is 12.3. The molecule has 6 nitrogen and oxygen atoms in total. The molecule has 32 heavy (non-hydrogen) atoms. The van der Waals surface area contributed by atoms with Crippen LogP contribution in [-0.2, 0) is 0 Å². The van der Waals surface area contributed by atoms with E-state index >= 15 is 0 Å². The Bertz CT molecular complexity index is 1130. The fourth-order valence-corrected chi connectivity index (χ4v) is 3.33. The van der Waals surface area contributed by atoms with Gasteiger partial charge in [0.25, 0.3) is 17.7 Å². The Kier molecular flexibility index (Phi) is 7.87. The number of anilines is 1. The van der Waals surface area contributed by atoms with Crippen molar-refractivity contribution in [2.45, 2.75) is 6.92 Å². The topological polar surface area (TPSA) is 87.3 Å². The van der Waals surface area contributed by atoms with E-state index in [2.05, 4.69) is 16.0 Å². The van der Waals surface area contributed by atoms with Crippen molar-refractivity contribution in [1.29, 1.82) is 0 Å². The summed E-state index contributed by atoms with van der Waals surface area (Å²) in [5.74, 6) is -0.867. The molecule has 3 rings (SSSR count). The third-order valence-corrected chi connectivity index (χ3v) is 5.14. The van der Waals surface area contributed by atoms with E-state index in [0.717, 1.165) is 5.56 Å². The summed E-state index contributed by atoms with van der Waals surface area (Å²) < 4.78 is 0. The average Bonchev–Trinajstić information content (AvgIpc) is 2.77. The fraction of sp³-hybridized carbons (Fsp3) is 0.125. The second-order valence-corrected chi connectivity index (χ2v) is 7.88. The van der Waals surface area contributed by atoms with Crippen molar-refractivity contribution >= 4 is 46.6 Å². The maximum absolute atomic E-state index is 12.3. The van der Waals surface area contributed by atoms with E-state index in [1.165, 1.54) is 12.1 Å². The Hall–Kier alpha value is -3.35. The quantitative estimate of drug-likeness (QED) is 0.437. The highest BCUT2D eigenvalue weighted by Gasteiger charge is 2.11. The Morgan fingerprint density at radius 2 is 1.28 bits per heavy atom. The molecule has 8 heteroatoms. The molecule has 0 aromatic heterocycles. The monoisotopic (exact) mass is 469 g/mol. The molecule has 3 aromatic carbocycles. The molecule has 0 saturated heterocycles. The van der Waals surface area contributed by atoms with Gasteiger partial charge in [0.05, 0.1) is 10.6 Å². The number of aryl methyl sites for hydroxylation is 1. The van der Waals surface area contributed by atoms with Crippen molar-refractivity contribution in [2.24, 2.45) is 0 Å². The van der Waals surface area contributed by atoms with Crippen LogP contribution < -0.4 is 16.0 Å². The van der Waals surface area contributed by atoms with Crippen LogP contribution in [0.15, 0.2) is 66.7 Å². The molecule has 3 aromatic rings. The Morgan fingerprint density at radius 1 is 0.719 bits per heavy atom. The minimum atomic E-state index is -0.352. The zero-order valence-corrected chi connectivity index (χ0v) is 18.8. The predicted octanol–water partition coefficient (Wildman–Crippen LogP) is 4.71. The van der Waals surface area contributed by atoms with Gasteiger partial charge in [-0.05, 0) is 61.5 Å². The summed E-state index contributed by atoms with van der Waals surface area (Å²) in [6, 6.07) is 18.4. The van der Waals surface area contributed by atoms with E-state index in [1.807, 2.05) is 19.1 Å². The smallest absolute Gasteiger partial charge is 0.255 e. The molecule has 3 N–H and O–H groups in total. The Morgan fingerprint density at radius 3 is 1.91 bits per heavy atom. The summed E-state index contributed by atoms with van der Waals surface area (Å²) in [6.45, 7) is 2.42. The van der Waals surface area contributed by atoms with Gasteiger partial charge in [-0.25, -0.2) is 0 Å². The van der Waals surface area contributed by atoms with Gasteiger partial charge < -0.3 is 16.0 Å². The van der Waals surface area contributed by atoms with Crippen molar-refractivity contribution < 1.29 is 14.4 Å². The molecule has 0 aliphatic heterocycles. The van der Waals surface area contributed by atoms with Gasteiger partial charge in [-0.3, -0.25) is 14.4 Å². The van der Waals surface area contributed by atoms with E-state index in [4.69, 9.17) is 23.2 Å². The van der Waals surface area contributed by atoms with Crippen molar-refractivity contribution in [3.05, 3.63) is 99.0 Å². The maximum Gasteiger partial charge on any atom is 0.255 e. The zero-order valence-electron chi connectivity index (χ0n) is 17.2. The van der Waals surface area contributed by atoms with Crippen LogP contribution >= 0.6 is 23.2 Å². The Balaban J connectivity index is 1.45. The summed E-state index contributed by atoms with van der Waals surface area (Å²) in [5.41, 5.74) is 2.96. The van der Waals surface area contributed by atoms with Crippen molar-refractivity contribution in [2.75, 3.05) is 18.4 Å². The van der Waals surface area contributed by atoms with Gasteiger partial charge in [-0.15, -0.1) is 0 Å². The number of nitrogens with one attached hydrogen (secondary N) is 3. The first-order valence-corrected chi connectivity index (χ1v) is 10.6. The number of hydrogen-bond donors (Lipinski definition) is 3. The van der Waals surface area contributed by atoms with E-state index < -0.39 is 0 Å². The van der Waals surface area contributed by atoms with Gasteiger partial charge in [0.1, 0.15) is 0 Å². The normalized spacial score (nSPS) is 10.3. The van der Waals surface area contributed by atoms with E-state index in [-0.39, 0.29) is 35.8 Å². The molecule has 3 amide bonds. The van der Waals surface area contributed by atoms with E-state index in [1.54, 1.807) is 42.5 Å². The molecule has 0 bridgehead atoms. The highest BCUT2D eigenvalue weighted by molar-refractivity contribution is 6.36. The molecule has 0 fully saturated rings. The summed E-state index contributed by atoms with van der Waals surface area (Å²) in [7, 11) is 0. The van der Waals surface area contributed by atoms with Crippen LogP contribution in [0.3, 0.4) is 0 Å². The lowest BCUT2D eigenvalue weighted by Crippen LogP contribution is -2.34. The van der Waals surface area contributed by atoms with Gasteiger partial charge in [-0.2, -0.15) is 0 Å². The molecular formula is C24H21Cl2N3O3. The first kappa shape index (κ1) is 23.3. The standard InChI is InChI=1S/C24H21Cl2N3O3/c1-15-2-4-17(5-3-15)23(31)29-19-9-6-16(7-10-19)22(30)27-12-13-28-24(32)20-11-8-18(25)14-21(20)26/h2-11,14H,12-13H2,1H3,(H,27,30)(H,28,32)(H,29,31). The van der Waals surface area contributed by atoms with Gasteiger partial charge in [0.15, 0.2) is 0 Å². The summed E-state index contributed by atoms with van der Waals surface area (Å²) >= 11 is 11.8. The Labute approximate surface area is 195 Å². The van der Waals surface area contributed by atoms with Gasteiger partial charge >= 0.3 is 0 Å². The first-order chi connectivity index (χ1) is 15.3. The highest BCUT2D eigenvalue weighted by atomic mass is 35.5. The number of carbonyl (C=O) groups excluding carboxylic acids is 3. The largest absolute Gasteiger partial charge is 0.350 e. The summed E-state index contributed by atoms with van der Waals surface area (Å²) in [4.78, 5) is 36.7. The number of rotatable bonds is 7. The van der Waals surface area contributed by atoms with Crippen LogP contribution in [0.2, 0.25) is 10.0 Å². The van der Waals surface area contributed by atoms with Crippen LogP contribution in [0.4, 0.5) is 5.69 Å². The number of benzene rings is 3. The summed E-state index contributed by atoms with van der Waals surface area (Å²) in [5, 5.41) is 8.91.